The maximum atomic E-state index is 12.4. The lowest BCUT2D eigenvalue weighted by molar-refractivity contribution is -0.137. The van der Waals surface area contributed by atoms with Crippen LogP contribution in [0.1, 0.15) is 18.1 Å². The first-order valence-corrected chi connectivity index (χ1v) is 5.40. The Morgan fingerprint density at radius 1 is 1.44 bits per heavy atom. The third-order valence-electron chi connectivity index (χ3n) is 2.21. The van der Waals surface area contributed by atoms with Crippen molar-refractivity contribution in [3.63, 3.8) is 0 Å². The second kappa shape index (κ2) is 5.86. The normalized spacial score (nSPS) is 13.2. The Hall–Kier alpha value is -1.56. The third kappa shape index (κ3) is 4.75. The highest BCUT2D eigenvalue weighted by atomic mass is 19.4. The summed E-state index contributed by atoms with van der Waals surface area (Å²) in [5.74, 6) is -0.421. The Morgan fingerprint density at radius 2 is 2.11 bits per heavy atom. The van der Waals surface area contributed by atoms with Gasteiger partial charge in [0.25, 0.3) is 0 Å². The van der Waals surface area contributed by atoms with Crippen LogP contribution in [0.15, 0.2) is 24.3 Å². The molecule has 1 unspecified atom stereocenters. The lowest BCUT2D eigenvalue weighted by Gasteiger charge is -2.09. The van der Waals surface area contributed by atoms with Crippen LogP contribution in [0.5, 0.6) is 0 Å². The number of benzene rings is 1. The highest BCUT2D eigenvalue weighted by Crippen LogP contribution is 2.29. The lowest BCUT2D eigenvalue weighted by atomic mass is 10.1. The molecule has 0 bridgehead atoms. The molecule has 0 radical (unpaired) electrons. The predicted octanol–water partition coefficient (Wildman–Crippen LogP) is 1.74. The molecule has 2 N–H and O–H groups in total. The largest absolute Gasteiger partial charge is 0.416 e. The summed E-state index contributed by atoms with van der Waals surface area (Å²) in [6, 6.07) is 4.62. The van der Waals surface area contributed by atoms with Crippen molar-refractivity contribution < 1.29 is 23.1 Å². The summed E-state index contributed by atoms with van der Waals surface area (Å²) in [6.45, 7) is 1.59. The summed E-state index contributed by atoms with van der Waals surface area (Å²) in [4.78, 5) is 11.4. The number of halogens is 3. The molecule has 1 atom stereocenters. The Kier molecular flexibility index (Phi) is 4.72. The molecule has 0 fully saturated rings. The van der Waals surface area contributed by atoms with Crippen LogP contribution in [-0.2, 0) is 17.4 Å². The number of alkyl halides is 3. The molecule has 0 spiro atoms. The Bertz CT molecular complexity index is 416. The minimum atomic E-state index is -4.41. The van der Waals surface area contributed by atoms with Crippen LogP contribution in [0.3, 0.4) is 0 Å². The molecular formula is C12H14F3NO2. The van der Waals surface area contributed by atoms with Gasteiger partial charge in [0.15, 0.2) is 0 Å². The standard InChI is InChI=1S/C12H14F3NO2/c1-8(17)7-16-11(18)6-9-3-2-4-10(5-9)12(13,14)15/h2-5,8,17H,6-7H2,1H3,(H,16,18). The van der Waals surface area contributed by atoms with E-state index < -0.39 is 23.8 Å². The topological polar surface area (TPSA) is 49.3 Å². The summed E-state index contributed by atoms with van der Waals surface area (Å²) in [6.07, 6.45) is -5.24. The fraction of sp³-hybridized carbons (Fsp3) is 0.417. The van der Waals surface area contributed by atoms with Crippen molar-refractivity contribution in [2.45, 2.75) is 25.6 Å². The van der Waals surface area contributed by atoms with Crippen LogP contribution in [0.25, 0.3) is 0 Å². The van der Waals surface area contributed by atoms with Crippen LogP contribution >= 0.6 is 0 Å². The Balaban J connectivity index is 2.65. The number of aliphatic hydroxyl groups excluding tert-OH is 1. The molecule has 0 heterocycles. The van der Waals surface area contributed by atoms with E-state index in [1.165, 1.54) is 19.1 Å². The monoisotopic (exact) mass is 261 g/mol. The van der Waals surface area contributed by atoms with Crippen LogP contribution < -0.4 is 5.32 Å². The lowest BCUT2D eigenvalue weighted by Crippen LogP contribution is -2.31. The number of carbonyl (C=O) groups excluding carboxylic acids is 1. The van der Waals surface area contributed by atoms with Gasteiger partial charge in [0.1, 0.15) is 0 Å². The van der Waals surface area contributed by atoms with Gasteiger partial charge in [-0.05, 0) is 18.6 Å². The maximum Gasteiger partial charge on any atom is 0.416 e. The van der Waals surface area contributed by atoms with Gasteiger partial charge in [-0.1, -0.05) is 18.2 Å². The van der Waals surface area contributed by atoms with E-state index in [0.29, 0.717) is 0 Å². The van der Waals surface area contributed by atoms with E-state index in [2.05, 4.69) is 5.32 Å². The van der Waals surface area contributed by atoms with Crippen molar-refractivity contribution >= 4 is 5.91 Å². The number of hydrogen-bond acceptors (Lipinski definition) is 2. The van der Waals surface area contributed by atoms with E-state index in [1.807, 2.05) is 0 Å². The number of amides is 1. The quantitative estimate of drug-likeness (QED) is 0.867. The highest BCUT2D eigenvalue weighted by molar-refractivity contribution is 5.78. The summed E-state index contributed by atoms with van der Waals surface area (Å²) < 4.78 is 37.3. The molecule has 1 rings (SSSR count). The molecule has 100 valence electrons. The van der Waals surface area contributed by atoms with E-state index >= 15 is 0 Å². The SMILES string of the molecule is CC(O)CNC(=O)Cc1cccc(C(F)(F)F)c1. The number of aliphatic hydroxyl groups is 1. The van der Waals surface area contributed by atoms with E-state index in [-0.39, 0.29) is 18.5 Å². The predicted molar refractivity (Wildman–Crippen MR) is 59.8 cm³/mol. The summed E-state index contributed by atoms with van der Waals surface area (Å²) >= 11 is 0. The average Bonchev–Trinajstić information content (AvgIpc) is 2.25. The molecule has 18 heavy (non-hydrogen) atoms. The smallest absolute Gasteiger partial charge is 0.392 e. The minimum Gasteiger partial charge on any atom is -0.392 e. The van der Waals surface area contributed by atoms with Gasteiger partial charge in [0, 0.05) is 6.54 Å². The molecule has 0 aliphatic rings. The Labute approximate surface area is 103 Å². The van der Waals surface area contributed by atoms with Gasteiger partial charge in [-0.15, -0.1) is 0 Å². The highest BCUT2D eigenvalue weighted by Gasteiger charge is 2.30. The number of nitrogens with one attached hydrogen (secondary N) is 1. The third-order valence-corrected chi connectivity index (χ3v) is 2.21. The van der Waals surface area contributed by atoms with Gasteiger partial charge in [0.05, 0.1) is 18.1 Å². The number of hydrogen-bond donors (Lipinski definition) is 2. The zero-order valence-corrected chi connectivity index (χ0v) is 9.79. The van der Waals surface area contributed by atoms with Crippen LogP contribution in [0, 0.1) is 0 Å². The first kappa shape index (κ1) is 14.5. The van der Waals surface area contributed by atoms with Crippen molar-refractivity contribution in [3.05, 3.63) is 35.4 Å². The molecule has 1 aromatic rings. The van der Waals surface area contributed by atoms with E-state index in [1.54, 1.807) is 0 Å². The molecule has 0 aromatic heterocycles. The van der Waals surface area contributed by atoms with Crippen molar-refractivity contribution in [2.24, 2.45) is 0 Å². The summed E-state index contributed by atoms with van der Waals surface area (Å²) in [5, 5.41) is 11.4. The van der Waals surface area contributed by atoms with Crippen LogP contribution in [0.2, 0.25) is 0 Å². The van der Waals surface area contributed by atoms with E-state index in [0.717, 1.165) is 12.1 Å². The van der Waals surface area contributed by atoms with Crippen molar-refractivity contribution in [2.75, 3.05) is 6.54 Å². The fourth-order valence-electron chi connectivity index (χ4n) is 1.37. The first-order chi connectivity index (χ1) is 8.29. The zero-order chi connectivity index (χ0) is 13.8. The fourth-order valence-corrected chi connectivity index (χ4v) is 1.37. The molecule has 0 aliphatic heterocycles. The van der Waals surface area contributed by atoms with Crippen molar-refractivity contribution in [1.29, 1.82) is 0 Å². The molecule has 0 aliphatic carbocycles. The molecule has 0 saturated heterocycles. The van der Waals surface area contributed by atoms with E-state index in [4.69, 9.17) is 5.11 Å². The van der Waals surface area contributed by atoms with Crippen LogP contribution in [0.4, 0.5) is 13.2 Å². The molecular weight excluding hydrogens is 247 g/mol. The molecule has 1 aromatic carbocycles. The van der Waals surface area contributed by atoms with Gasteiger partial charge in [-0.3, -0.25) is 4.79 Å². The van der Waals surface area contributed by atoms with Gasteiger partial charge >= 0.3 is 6.18 Å². The number of rotatable bonds is 4. The minimum absolute atomic E-state index is 0.0811. The van der Waals surface area contributed by atoms with Gasteiger partial charge < -0.3 is 10.4 Å². The van der Waals surface area contributed by atoms with Gasteiger partial charge in [0.2, 0.25) is 5.91 Å². The van der Waals surface area contributed by atoms with Gasteiger partial charge in [-0.2, -0.15) is 13.2 Å². The van der Waals surface area contributed by atoms with Crippen LogP contribution in [-0.4, -0.2) is 23.7 Å². The van der Waals surface area contributed by atoms with Crippen molar-refractivity contribution in [1.82, 2.24) is 5.32 Å². The molecule has 3 nitrogen and oxygen atoms in total. The van der Waals surface area contributed by atoms with Crippen molar-refractivity contribution in [3.8, 4) is 0 Å². The number of carbonyl (C=O) groups is 1. The molecule has 1 amide bonds. The second-order valence-electron chi connectivity index (χ2n) is 4.03. The molecule has 0 saturated carbocycles. The summed E-state index contributed by atoms with van der Waals surface area (Å²) in [7, 11) is 0. The van der Waals surface area contributed by atoms with Gasteiger partial charge in [-0.25, -0.2) is 0 Å². The van der Waals surface area contributed by atoms with E-state index in [9.17, 15) is 18.0 Å². The summed E-state index contributed by atoms with van der Waals surface area (Å²) in [5.41, 5.74) is -0.490. The maximum absolute atomic E-state index is 12.4. The second-order valence-corrected chi connectivity index (χ2v) is 4.03. The zero-order valence-electron chi connectivity index (χ0n) is 9.79. The average molecular weight is 261 g/mol. The Morgan fingerprint density at radius 3 is 2.67 bits per heavy atom. The molecule has 6 heteroatoms. The first-order valence-electron chi connectivity index (χ1n) is 5.40.